The van der Waals surface area contributed by atoms with Crippen molar-refractivity contribution in [2.45, 2.75) is 25.7 Å². The topological polar surface area (TPSA) is 37.4 Å². The molecule has 2 aromatic rings. The van der Waals surface area contributed by atoms with Gasteiger partial charge < -0.3 is 4.90 Å². The van der Waals surface area contributed by atoms with Gasteiger partial charge in [-0.3, -0.25) is 9.59 Å². The monoisotopic (exact) mass is 311 g/mol. The Morgan fingerprint density at radius 2 is 1.74 bits per heavy atom. The Morgan fingerprint density at radius 3 is 2.52 bits per heavy atom. The molecule has 0 radical (unpaired) electrons. The van der Waals surface area contributed by atoms with Gasteiger partial charge in [-0.25, -0.2) is 4.39 Å². The minimum atomic E-state index is -0.373. The van der Waals surface area contributed by atoms with Gasteiger partial charge in [0.15, 0.2) is 5.78 Å². The zero-order valence-electron chi connectivity index (χ0n) is 12.8. The standard InChI is InChI=1S/C19H18FNO2/c20-16-9-7-15(8-10-16)18(22)11-12-19(23)21-13-3-5-14-4-1-2-6-17(14)21/h1-2,4,6-10H,3,5,11-13H2. The van der Waals surface area contributed by atoms with Crippen LogP contribution < -0.4 is 4.90 Å². The summed E-state index contributed by atoms with van der Waals surface area (Å²) < 4.78 is 12.9. The lowest BCUT2D eigenvalue weighted by Crippen LogP contribution is -2.35. The quantitative estimate of drug-likeness (QED) is 0.806. The number of carbonyl (C=O) groups excluding carboxylic acids is 2. The van der Waals surface area contributed by atoms with Crippen LogP contribution in [0.25, 0.3) is 0 Å². The van der Waals surface area contributed by atoms with Gasteiger partial charge in [0.05, 0.1) is 0 Å². The fourth-order valence-corrected chi connectivity index (χ4v) is 2.93. The number of amides is 1. The maximum Gasteiger partial charge on any atom is 0.227 e. The second-order valence-corrected chi connectivity index (χ2v) is 5.71. The number of Topliss-reactive ketones (excluding diaryl/α,β-unsaturated/α-hetero) is 1. The molecule has 0 saturated carbocycles. The normalized spacial score (nSPS) is 13.5. The molecule has 0 spiro atoms. The summed E-state index contributed by atoms with van der Waals surface area (Å²) in [4.78, 5) is 26.3. The van der Waals surface area contributed by atoms with Gasteiger partial charge in [-0.05, 0) is 48.7 Å². The Labute approximate surface area is 134 Å². The van der Waals surface area contributed by atoms with Crippen molar-refractivity contribution in [2.24, 2.45) is 0 Å². The summed E-state index contributed by atoms with van der Waals surface area (Å²) in [7, 11) is 0. The highest BCUT2D eigenvalue weighted by molar-refractivity contribution is 6.01. The molecule has 0 bridgehead atoms. The number of rotatable bonds is 4. The van der Waals surface area contributed by atoms with E-state index in [-0.39, 0.29) is 30.3 Å². The summed E-state index contributed by atoms with van der Waals surface area (Å²) >= 11 is 0. The predicted molar refractivity (Wildman–Crippen MR) is 87.1 cm³/mol. The Hall–Kier alpha value is -2.49. The fourth-order valence-electron chi connectivity index (χ4n) is 2.93. The summed E-state index contributed by atoms with van der Waals surface area (Å²) in [6, 6.07) is 13.3. The third-order valence-electron chi connectivity index (χ3n) is 4.14. The molecule has 0 unspecified atom stereocenters. The summed E-state index contributed by atoms with van der Waals surface area (Å²) in [6.07, 6.45) is 2.23. The zero-order valence-corrected chi connectivity index (χ0v) is 12.8. The second-order valence-electron chi connectivity index (χ2n) is 5.71. The number of anilines is 1. The van der Waals surface area contributed by atoms with Crippen molar-refractivity contribution < 1.29 is 14.0 Å². The molecule has 4 heteroatoms. The highest BCUT2D eigenvalue weighted by atomic mass is 19.1. The van der Waals surface area contributed by atoms with Crippen LogP contribution in [-0.4, -0.2) is 18.2 Å². The molecule has 0 aliphatic carbocycles. The van der Waals surface area contributed by atoms with Crippen LogP contribution in [0.2, 0.25) is 0 Å². The van der Waals surface area contributed by atoms with Crippen LogP contribution in [0.4, 0.5) is 10.1 Å². The number of aryl methyl sites for hydroxylation is 1. The molecule has 23 heavy (non-hydrogen) atoms. The van der Waals surface area contributed by atoms with Crippen LogP contribution in [0.3, 0.4) is 0 Å². The first-order valence-corrected chi connectivity index (χ1v) is 7.82. The SMILES string of the molecule is O=C(CCC(=O)N1CCCc2ccccc21)c1ccc(F)cc1. The molecule has 1 heterocycles. The van der Waals surface area contributed by atoms with E-state index in [1.165, 1.54) is 29.8 Å². The minimum absolute atomic E-state index is 0.0346. The van der Waals surface area contributed by atoms with Gasteiger partial charge in [-0.1, -0.05) is 18.2 Å². The number of halogens is 1. The largest absolute Gasteiger partial charge is 0.312 e. The van der Waals surface area contributed by atoms with Gasteiger partial charge in [0.2, 0.25) is 5.91 Å². The zero-order chi connectivity index (χ0) is 16.2. The average molecular weight is 311 g/mol. The Morgan fingerprint density at radius 1 is 1.00 bits per heavy atom. The maximum atomic E-state index is 12.9. The molecule has 0 saturated heterocycles. The molecule has 3 rings (SSSR count). The molecule has 118 valence electrons. The maximum absolute atomic E-state index is 12.9. The van der Waals surface area contributed by atoms with Crippen molar-refractivity contribution >= 4 is 17.4 Å². The molecule has 0 aromatic heterocycles. The Bertz CT molecular complexity index is 724. The molecular weight excluding hydrogens is 293 g/mol. The lowest BCUT2D eigenvalue weighted by atomic mass is 10.0. The summed E-state index contributed by atoms with van der Waals surface area (Å²) in [5.74, 6) is -0.543. The molecular formula is C19H18FNO2. The van der Waals surface area contributed by atoms with Crippen LogP contribution >= 0.6 is 0 Å². The smallest absolute Gasteiger partial charge is 0.227 e. The van der Waals surface area contributed by atoms with E-state index >= 15 is 0 Å². The number of para-hydroxylation sites is 1. The lowest BCUT2D eigenvalue weighted by molar-refractivity contribution is -0.118. The van der Waals surface area contributed by atoms with Crippen LogP contribution in [-0.2, 0) is 11.2 Å². The number of nitrogens with zero attached hydrogens (tertiary/aromatic N) is 1. The van der Waals surface area contributed by atoms with E-state index in [0.29, 0.717) is 12.1 Å². The molecule has 0 fully saturated rings. The van der Waals surface area contributed by atoms with Crippen molar-refractivity contribution in [1.29, 1.82) is 0 Å². The van der Waals surface area contributed by atoms with E-state index in [4.69, 9.17) is 0 Å². The van der Waals surface area contributed by atoms with E-state index in [1.54, 1.807) is 4.90 Å². The molecule has 2 aromatic carbocycles. The number of ketones is 1. The van der Waals surface area contributed by atoms with Crippen molar-refractivity contribution in [3.8, 4) is 0 Å². The van der Waals surface area contributed by atoms with Gasteiger partial charge >= 0.3 is 0 Å². The number of carbonyl (C=O) groups is 2. The van der Waals surface area contributed by atoms with Gasteiger partial charge in [0, 0.05) is 30.6 Å². The minimum Gasteiger partial charge on any atom is -0.312 e. The average Bonchev–Trinajstić information content (AvgIpc) is 2.59. The number of hydrogen-bond acceptors (Lipinski definition) is 2. The fraction of sp³-hybridized carbons (Fsp3) is 0.263. The molecule has 0 N–H and O–H groups in total. The number of fused-ring (bicyclic) bond motifs is 1. The Balaban J connectivity index is 1.64. The van der Waals surface area contributed by atoms with E-state index in [2.05, 4.69) is 0 Å². The highest BCUT2D eigenvalue weighted by Crippen LogP contribution is 2.27. The molecule has 1 aliphatic heterocycles. The third-order valence-corrected chi connectivity index (χ3v) is 4.14. The Kier molecular flexibility index (Phi) is 4.51. The first-order chi connectivity index (χ1) is 11.1. The summed E-state index contributed by atoms with van der Waals surface area (Å²) in [6.45, 7) is 0.695. The van der Waals surface area contributed by atoms with E-state index < -0.39 is 0 Å². The van der Waals surface area contributed by atoms with Gasteiger partial charge in [-0.15, -0.1) is 0 Å². The van der Waals surface area contributed by atoms with E-state index in [9.17, 15) is 14.0 Å². The number of hydrogen-bond donors (Lipinski definition) is 0. The molecule has 0 atom stereocenters. The summed E-state index contributed by atoms with van der Waals surface area (Å²) in [5.41, 5.74) is 2.58. The van der Waals surface area contributed by atoms with Crippen molar-refractivity contribution in [2.75, 3.05) is 11.4 Å². The van der Waals surface area contributed by atoms with E-state index in [1.807, 2.05) is 24.3 Å². The lowest BCUT2D eigenvalue weighted by Gasteiger charge is -2.29. The van der Waals surface area contributed by atoms with E-state index in [0.717, 1.165) is 18.5 Å². The van der Waals surface area contributed by atoms with Gasteiger partial charge in [-0.2, -0.15) is 0 Å². The van der Waals surface area contributed by atoms with Gasteiger partial charge in [0.25, 0.3) is 0 Å². The van der Waals surface area contributed by atoms with Crippen LogP contribution in [0.5, 0.6) is 0 Å². The highest BCUT2D eigenvalue weighted by Gasteiger charge is 2.22. The molecule has 1 amide bonds. The van der Waals surface area contributed by atoms with Crippen molar-refractivity contribution in [3.05, 3.63) is 65.5 Å². The van der Waals surface area contributed by atoms with Crippen LogP contribution in [0.1, 0.15) is 35.2 Å². The first kappa shape index (κ1) is 15.4. The predicted octanol–water partition coefficient (Wildman–Crippen LogP) is 3.77. The van der Waals surface area contributed by atoms with Crippen molar-refractivity contribution in [3.63, 3.8) is 0 Å². The third kappa shape index (κ3) is 3.47. The molecule has 3 nitrogen and oxygen atoms in total. The first-order valence-electron chi connectivity index (χ1n) is 7.82. The molecule has 1 aliphatic rings. The second kappa shape index (κ2) is 6.73. The van der Waals surface area contributed by atoms with Crippen molar-refractivity contribution in [1.82, 2.24) is 0 Å². The van der Waals surface area contributed by atoms with Gasteiger partial charge in [0.1, 0.15) is 5.82 Å². The van der Waals surface area contributed by atoms with Crippen LogP contribution in [0.15, 0.2) is 48.5 Å². The summed E-state index contributed by atoms with van der Waals surface area (Å²) in [5, 5.41) is 0. The van der Waals surface area contributed by atoms with Crippen LogP contribution in [0, 0.1) is 5.82 Å². The number of benzene rings is 2.